The van der Waals surface area contributed by atoms with Gasteiger partial charge in [0.25, 0.3) is 11.8 Å². The van der Waals surface area contributed by atoms with Gasteiger partial charge in [0.15, 0.2) is 0 Å². The molecule has 1 aliphatic rings. The Morgan fingerprint density at radius 1 is 0.833 bits per heavy atom. The Kier molecular flexibility index (Phi) is 7.53. The van der Waals surface area contributed by atoms with Gasteiger partial charge in [-0.3, -0.25) is 9.59 Å². The van der Waals surface area contributed by atoms with Gasteiger partial charge in [-0.2, -0.15) is 0 Å². The van der Waals surface area contributed by atoms with Crippen LogP contribution in [0.25, 0.3) is 0 Å². The molecular weight excluding hydrogens is 472 g/mol. The summed E-state index contributed by atoms with van der Waals surface area (Å²) in [6, 6.07) is 11.6. The van der Waals surface area contributed by atoms with Crippen LogP contribution in [-0.2, 0) is 0 Å². The number of carbonyl (C=O) groups is 3. The van der Waals surface area contributed by atoms with Crippen LogP contribution < -0.4 is 15.4 Å². The van der Waals surface area contributed by atoms with Crippen molar-refractivity contribution in [3.05, 3.63) is 89.1 Å². The normalized spacial score (nSPS) is 17.2. The molecule has 1 aliphatic carbocycles. The first-order valence-electron chi connectivity index (χ1n) is 11.3. The molecule has 0 atom stereocenters. The topological polar surface area (TPSA) is 118 Å². The summed E-state index contributed by atoms with van der Waals surface area (Å²) in [6.07, 6.45) is 3.26. The van der Waals surface area contributed by atoms with Crippen LogP contribution in [0.2, 0.25) is 0 Å². The Hall–Kier alpha value is -4.34. The molecule has 0 saturated heterocycles. The minimum atomic E-state index is -1.11. The molecule has 0 radical (unpaired) electrons. The number of amides is 2. The second kappa shape index (κ2) is 10.9. The van der Waals surface area contributed by atoms with Gasteiger partial charge in [-0.1, -0.05) is 6.07 Å². The van der Waals surface area contributed by atoms with Gasteiger partial charge >= 0.3 is 5.97 Å². The maximum atomic E-state index is 13.8. The van der Waals surface area contributed by atoms with E-state index in [2.05, 4.69) is 15.6 Å². The molecule has 1 fully saturated rings. The summed E-state index contributed by atoms with van der Waals surface area (Å²) >= 11 is 0. The number of nitrogens with one attached hydrogen (secondary N) is 2. The van der Waals surface area contributed by atoms with E-state index in [1.807, 2.05) is 0 Å². The number of halogens is 2. The van der Waals surface area contributed by atoms with Crippen molar-refractivity contribution in [3.63, 3.8) is 0 Å². The maximum Gasteiger partial charge on any atom is 0.335 e. The molecule has 1 aromatic heterocycles. The SMILES string of the molecule is O=C(O)c1cccc(C(=O)NC2CCC(NC(=O)c3cc(F)cnc3Oc3ccc(F)cc3)CC2)c1. The summed E-state index contributed by atoms with van der Waals surface area (Å²) < 4.78 is 32.6. The van der Waals surface area contributed by atoms with Crippen LogP contribution in [0.1, 0.15) is 56.8 Å². The van der Waals surface area contributed by atoms with E-state index in [4.69, 9.17) is 9.84 Å². The van der Waals surface area contributed by atoms with Crippen LogP contribution in [0.3, 0.4) is 0 Å². The molecular formula is C26H23F2N3O5. The van der Waals surface area contributed by atoms with Crippen LogP contribution >= 0.6 is 0 Å². The van der Waals surface area contributed by atoms with Gasteiger partial charge in [-0.25, -0.2) is 18.6 Å². The minimum absolute atomic E-state index is 0.0312. The zero-order valence-corrected chi connectivity index (χ0v) is 19.0. The summed E-state index contributed by atoms with van der Waals surface area (Å²) in [6.45, 7) is 0. The van der Waals surface area contributed by atoms with Crippen molar-refractivity contribution in [3.8, 4) is 11.6 Å². The minimum Gasteiger partial charge on any atom is -0.478 e. The van der Waals surface area contributed by atoms with Gasteiger partial charge < -0.3 is 20.5 Å². The van der Waals surface area contributed by atoms with Gasteiger partial charge in [-0.05, 0) is 74.2 Å². The van der Waals surface area contributed by atoms with Crippen molar-refractivity contribution in [2.75, 3.05) is 0 Å². The summed E-state index contributed by atoms with van der Waals surface area (Å²) in [5.41, 5.74) is 0.203. The van der Waals surface area contributed by atoms with Gasteiger partial charge in [-0.15, -0.1) is 0 Å². The number of nitrogens with zero attached hydrogens (tertiary/aromatic N) is 1. The lowest BCUT2D eigenvalue weighted by molar-refractivity contribution is 0.0696. The third-order valence-electron chi connectivity index (χ3n) is 5.86. The van der Waals surface area contributed by atoms with E-state index in [9.17, 15) is 23.2 Å². The second-order valence-electron chi connectivity index (χ2n) is 8.44. The van der Waals surface area contributed by atoms with Crippen LogP contribution in [0.5, 0.6) is 11.6 Å². The number of benzene rings is 2. The molecule has 4 rings (SSSR count). The van der Waals surface area contributed by atoms with Crippen molar-refractivity contribution in [2.45, 2.75) is 37.8 Å². The molecule has 10 heteroatoms. The fourth-order valence-electron chi connectivity index (χ4n) is 3.99. The highest BCUT2D eigenvalue weighted by Gasteiger charge is 2.26. The molecule has 36 heavy (non-hydrogen) atoms. The predicted molar refractivity (Wildman–Crippen MR) is 125 cm³/mol. The molecule has 3 aromatic rings. The largest absolute Gasteiger partial charge is 0.478 e. The molecule has 1 saturated carbocycles. The van der Waals surface area contributed by atoms with Gasteiger partial charge in [0.1, 0.15) is 22.9 Å². The van der Waals surface area contributed by atoms with Crippen LogP contribution in [-0.4, -0.2) is 40.0 Å². The third-order valence-corrected chi connectivity index (χ3v) is 5.86. The number of carboxylic acid groups (broad SMARTS) is 1. The van der Waals surface area contributed by atoms with Crippen molar-refractivity contribution in [1.29, 1.82) is 0 Å². The number of ether oxygens (including phenoxy) is 1. The first-order valence-corrected chi connectivity index (χ1v) is 11.3. The van der Waals surface area contributed by atoms with E-state index in [0.29, 0.717) is 25.7 Å². The molecule has 8 nitrogen and oxygen atoms in total. The Morgan fingerprint density at radius 2 is 1.44 bits per heavy atom. The van der Waals surface area contributed by atoms with E-state index in [0.717, 1.165) is 12.3 Å². The quantitative estimate of drug-likeness (QED) is 0.449. The number of hydrogen-bond acceptors (Lipinski definition) is 5. The lowest BCUT2D eigenvalue weighted by atomic mass is 9.90. The number of aromatic carboxylic acids is 1. The molecule has 0 unspecified atom stereocenters. The lowest BCUT2D eigenvalue weighted by Gasteiger charge is -2.29. The van der Waals surface area contributed by atoms with E-state index in [1.165, 1.54) is 42.5 Å². The van der Waals surface area contributed by atoms with E-state index < -0.39 is 23.5 Å². The highest BCUT2D eigenvalue weighted by molar-refractivity contribution is 5.98. The standard InChI is InChI=1S/C26H23F2N3O5/c27-17-4-10-21(11-5-17)36-25-22(13-18(28)14-29-25)24(33)31-20-8-6-19(7-9-20)30-23(32)15-2-1-3-16(12-15)26(34)35/h1-5,10-14,19-20H,6-9H2,(H,30,32)(H,31,33)(H,34,35). The first kappa shape index (κ1) is 24.8. The Balaban J connectivity index is 1.34. The Labute approximate surface area is 205 Å². The van der Waals surface area contributed by atoms with Crippen molar-refractivity contribution >= 4 is 17.8 Å². The summed E-state index contributed by atoms with van der Waals surface area (Å²) in [5, 5.41) is 14.9. The van der Waals surface area contributed by atoms with E-state index in [-0.39, 0.29) is 46.3 Å². The van der Waals surface area contributed by atoms with Crippen LogP contribution in [0.15, 0.2) is 60.8 Å². The van der Waals surface area contributed by atoms with Gasteiger partial charge in [0.2, 0.25) is 5.88 Å². The Morgan fingerprint density at radius 3 is 2.08 bits per heavy atom. The molecule has 0 spiro atoms. The molecule has 186 valence electrons. The predicted octanol–water partition coefficient (Wildman–Crippen LogP) is 4.32. The molecule has 1 heterocycles. The molecule has 0 aliphatic heterocycles. The second-order valence-corrected chi connectivity index (χ2v) is 8.44. The van der Waals surface area contributed by atoms with Gasteiger partial charge in [0, 0.05) is 17.6 Å². The number of carbonyl (C=O) groups excluding carboxylic acids is 2. The first-order chi connectivity index (χ1) is 17.3. The third kappa shape index (κ3) is 6.21. The van der Waals surface area contributed by atoms with Crippen molar-refractivity contribution < 1.29 is 33.0 Å². The van der Waals surface area contributed by atoms with Crippen LogP contribution in [0, 0.1) is 11.6 Å². The number of hydrogen-bond donors (Lipinski definition) is 3. The average Bonchev–Trinajstić information content (AvgIpc) is 2.87. The number of aromatic nitrogens is 1. The zero-order chi connectivity index (χ0) is 25.7. The molecule has 0 bridgehead atoms. The van der Waals surface area contributed by atoms with E-state index in [1.54, 1.807) is 6.07 Å². The number of carboxylic acids is 1. The molecule has 3 N–H and O–H groups in total. The van der Waals surface area contributed by atoms with Gasteiger partial charge in [0.05, 0.1) is 11.8 Å². The fourth-order valence-corrected chi connectivity index (χ4v) is 3.99. The summed E-state index contributed by atoms with van der Waals surface area (Å²) in [4.78, 5) is 40.4. The number of pyridine rings is 1. The van der Waals surface area contributed by atoms with E-state index >= 15 is 0 Å². The van der Waals surface area contributed by atoms with Crippen LogP contribution in [0.4, 0.5) is 8.78 Å². The van der Waals surface area contributed by atoms with Crippen molar-refractivity contribution in [1.82, 2.24) is 15.6 Å². The summed E-state index contributed by atoms with van der Waals surface area (Å²) in [5.74, 6) is -3.05. The zero-order valence-electron chi connectivity index (χ0n) is 19.0. The summed E-state index contributed by atoms with van der Waals surface area (Å²) in [7, 11) is 0. The molecule has 2 amide bonds. The molecule has 2 aromatic carbocycles. The lowest BCUT2D eigenvalue weighted by Crippen LogP contribution is -2.44. The Bertz CT molecular complexity index is 1270. The maximum absolute atomic E-state index is 13.8. The average molecular weight is 495 g/mol. The fraction of sp³-hybridized carbons (Fsp3) is 0.231. The highest BCUT2D eigenvalue weighted by Crippen LogP contribution is 2.25. The smallest absolute Gasteiger partial charge is 0.335 e. The number of rotatable bonds is 7. The highest BCUT2D eigenvalue weighted by atomic mass is 19.1. The monoisotopic (exact) mass is 495 g/mol. The van der Waals surface area contributed by atoms with Crippen molar-refractivity contribution in [2.24, 2.45) is 0 Å².